The number of carbonyl (C=O) groups is 1. The zero-order valence-corrected chi connectivity index (χ0v) is 17.7. The number of rotatable bonds is 8. The van der Waals surface area contributed by atoms with Crippen LogP contribution in [0.1, 0.15) is 12.0 Å². The van der Waals surface area contributed by atoms with E-state index in [2.05, 4.69) is 5.32 Å². The molecule has 0 heterocycles. The second-order valence-electron chi connectivity index (χ2n) is 5.89. The predicted octanol–water partition coefficient (Wildman–Crippen LogP) is 4.16. The molecule has 0 bridgehead atoms. The molecule has 0 spiro atoms. The highest BCUT2D eigenvalue weighted by Crippen LogP contribution is 2.33. The number of amides is 1. The quantitative estimate of drug-likeness (QED) is 0.615. The second kappa shape index (κ2) is 9.64. The summed E-state index contributed by atoms with van der Waals surface area (Å²) < 4.78 is 25.2. The van der Waals surface area contributed by atoms with Crippen LogP contribution in [0, 0.1) is 0 Å². The van der Waals surface area contributed by atoms with Crippen LogP contribution in [0.5, 0.6) is 0 Å². The highest BCUT2D eigenvalue weighted by atomic mass is 35.5. The van der Waals surface area contributed by atoms with Crippen LogP contribution in [0.15, 0.2) is 42.5 Å². The zero-order chi connectivity index (χ0) is 20.0. The number of hydrogen-bond donors (Lipinski definition) is 1. The van der Waals surface area contributed by atoms with E-state index in [-0.39, 0.29) is 22.3 Å². The number of aryl methyl sites for hydroxylation is 1. The lowest BCUT2D eigenvalue weighted by molar-refractivity contribution is -0.119. The van der Waals surface area contributed by atoms with Gasteiger partial charge < -0.3 is 5.32 Å². The Morgan fingerprint density at radius 3 is 2.37 bits per heavy atom. The lowest BCUT2D eigenvalue weighted by Crippen LogP contribution is -2.40. The SMILES string of the molecule is CS(=O)(=O)N(CC(=O)NCCCc1ccccc1Cl)c1cccc(Cl)c1Cl. The van der Waals surface area contributed by atoms with Crippen molar-refractivity contribution in [3.05, 3.63) is 63.1 Å². The number of sulfonamides is 1. The molecule has 0 fully saturated rings. The van der Waals surface area contributed by atoms with Gasteiger partial charge in [-0.15, -0.1) is 0 Å². The van der Waals surface area contributed by atoms with Crippen LogP contribution in [-0.4, -0.2) is 33.7 Å². The van der Waals surface area contributed by atoms with Crippen LogP contribution in [0.2, 0.25) is 15.1 Å². The number of benzene rings is 2. The van der Waals surface area contributed by atoms with E-state index < -0.39 is 15.9 Å². The molecule has 27 heavy (non-hydrogen) atoms. The van der Waals surface area contributed by atoms with Gasteiger partial charge in [-0.25, -0.2) is 8.42 Å². The van der Waals surface area contributed by atoms with E-state index in [1.165, 1.54) is 6.07 Å². The van der Waals surface area contributed by atoms with Crippen molar-refractivity contribution in [3.63, 3.8) is 0 Å². The average molecular weight is 450 g/mol. The summed E-state index contributed by atoms with van der Waals surface area (Å²) in [5.74, 6) is -0.435. The summed E-state index contributed by atoms with van der Waals surface area (Å²) in [4.78, 5) is 12.2. The first-order valence-corrected chi connectivity index (χ1v) is 11.1. The molecule has 0 atom stereocenters. The molecule has 0 saturated carbocycles. The van der Waals surface area contributed by atoms with Gasteiger partial charge in [0.05, 0.1) is 22.0 Å². The van der Waals surface area contributed by atoms with Gasteiger partial charge in [0.25, 0.3) is 0 Å². The Labute approximate surface area is 174 Å². The van der Waals surface area contributed by atoms with Crippen LogP contribution in [0.3, 0.4) is 0 Å². The van der Waals surface area contributed by atoms with E-state index in [0.29, 0.717) is 24.4 Å². The molecule has 0 aromatic heterocycles. The minimum absolute atomic E-state index is 0.0797. The third kappa shape index (κ3) is 6.28. The maximum Gasteiger partial charge on any atom is 0.240 e. The molecule has 0 aliphatic carbocycles. The summed E-state index contributed by atoms with van der Waals surface area (Å²) in [5.41, 5.74) is 1.16. The van der Waals surface area contributed by atoms with Crippen molar-refractivity contribution in [3.8, 4) is 0 Å². The summed E-state index contributed by atoms with van der Waals surface area (Å²) in [7, 11) is -3.72. The first kappa shape index (κ1) is 21.8. The van der Waals surface area contributed by atoms with Crippen LogP contribution in [0.4, 0.5) is 5.69 Å². The summed E-state index contributed by atoms with van der Waals surface area (Å²) in [6.07, 6.45) is 2.39. The van der Waals surface area contributed by atoms with Crippen molar-refractivity contribution in [2.24, 2.45) is 0 Å². The van der Waals surface area contributed by atoms with E-state index in [4.69, 9.17) is 34.8 Å². The van der Waals surface area contributed by atoms with Gasteiger partial charge in [0.15, 0.2) is 0 Å². The maximum absolute atomic E-state index is 12.2. The van der Waals surface area contributed by atoms with Gasteiger partial charge in [0.1, 0.15) is 6.54 Å². The lowest BCUT2D eigenvalue weighted by atomic mass is 10.1. The molecule has 146 valence electrons. The zero-order valence-electron chi connectivity index (χ0n) is 14.6. The fourth-order valence-corrected chi connectivity index (χ4v) is 4.00. The number of nitrogens with one attached hydrogen (secondary N) is 1. The van der Waals surface area contributed by atoms with Crippen molar-refractivity contribution in [1.29, 1.82) is 0 Å². The van der Waals surface area contributed by atoms with Gasteiger partial charge in [-0.05, 0) is 36.6 Å². The third-order valence-corrected chi connectivity index (χ3v) is 6.09. The first-order valence-electron chi connectivity index (χ1n) is 8.12. The molecular weight excluding hydrogens is 431 g/mol. The number of carbonyl (C=O) groups excluding carboxylic acids is 1. The van der Waals surface area contributed by atoms with E-state index in [1.807, 2.05) is 24.3 Å². The Morgan fingerprint density at radius 1 is 1.04 bits per heavy atom. The second-order valence-corrected chi connectivity index (χ2v) is 8.99. The molecule has 2 aromatic carbocycles. The Kier molecular flexibility index (Phi) is 7.79. The van der Waals surface area contributed by atoms with Crippen LogP contribution in [0.25, 0.3) is 0 Å². The summed E-state index contributed by atoms with van der Waals surface area (Å²) in [6, 6.07) is 12.1. The Morgan fingerprint density at radius 2 is 1.70 bits per heavy atom. The molecule has 0 saturated heterocycles. The minimum atomic E-state index is -3.72. The van der Waals surface area contributed by atoms with Crippen LogP contribution < -0.4 is 9.62 Å². The van der Waals surface area contributed by atoms with E-state index >= 15 is 0 Å². The van der Waals surface area contributed by atoms with Crippen LogP contribution in [-0.2, 0) is 21.2 Å². The summed E-state index contributed by atoms with van der Waals surface area (Å²) in [6.45, 7) is 0.00985. The molecule has 2 aromatic rings. The van der Waals surface area contributed by atoms with Gasteiger partial charge in [-0.3, -0.25) is 9.10 Å². The van der Waals surface area contributed by atoms with Crippen LogP contribution >= 0.6 is 34.8 Å². The lowest BCUT2D eigenvalue weighted by Gasteiger charge is -2.23. The van der Waals surface area contributed by atoms with Crippen molar-refractivity contribution in [2.75, 3.05) is 23.7 Å². The molecular formula is C18H19Cl3N2O3S. The molecule has 1 amide bonds. The van der Waals surface area contributed by atoms with Gasteiger partial charge in [-0.1, -0.05) is 59.1 Å². The number of hydrogen-bond acceptors (Lipinski definition) is 3. The van der Waals surface area contributed by atoms with E-state index in [9.17, 15) is 13.2 Å². The first-order chi connectivity index (χ1) is 12.7. The fraction of sp³-hybridized carbons (Fsp3) is 0.278. The molecule has 1 N–H and O–H groups in total. The third-order valence-electron chi connectivity index (χ3n) is 3.79. The molecule has 2 rings (SSSR count). The van der Waals surface area contributed by atoms with Gasteiger partial charge in [0, 0.05) is 11.6 Å². The molecule has 0 radical (unpaired) electrons. The van der Waals surface area contributed by atoms with Gasteiger partial charge in [0.2, 0.25) is 15.9 Å². The highest BCUT2D eigenvalue weighted by molar-refractivity contribution is 7.92. The van der Waals surface area contributed by atoms with Gasteiger partial charge >= 0.3 is 0 Å². The predicted molar refractivity (Wildman–Crippen MR) is 111 cm³/mol. The normalized spacial score (nSPS) is 11.3. The Balaban J connectivity index is 1.97. The van der Waals surface area contributed by atoms with E-state index in [1.54, 1.807) is 12.1 Å². The van der Waals surface area contributed by atoms with Crippen molar-refractivity contribution in [2.45, 2.75) is 12.8 Å². The molecule has 9 heteroatoms. The molecule has 0 aliphatic rings. The smallest absolute Gasteiger partial charge is 0.240 e. The topological polar surface area (TPSA) is 66.5 Å². The Hall–Kier alpha value is -1.47. The largest absolute Gasteiger partial charge is 0.355 e. The van der Waals surface area contributed by atoms with Crippen molar-refractivity contribution in [1.82, 2.24) is 5.32 Å². The average Bonchev–Trinajstić information content (AvgIpc) is 2.60. The van der Waals surface area contributed by atoms with Crippen molar-refractivity contribution < 1.29 is 13.2 Å². The summed E-state index contributed by atoms with van der Waals surface area (Å²) in [5, 5.41) is 3.69. The molecule has 0 unspecified atom stereocenters. The molecule has 5 nitrogen and oxygen atoms in total. The van der Waals surface area contributed by atoms with E-state index in [0.717, 1.165) is 16.1 Å². The summed E-state index contributed by atoms with van der Waals surface area (Å²) >= 11 is 18.2. The Bertz CT molecular complexity index is 920. The highest BCUT2D eigenvalue weighted by Gasteiger charge is 2.23. The minimum Gasteiger partial charge on any atom is -0.355 e. The maximum atomic E-state index is 12.2. The van der Waals surface area contributed by atoms with Gasteiger partial charge in [-0.2, -0.15) is 0 Å². The monoisotopic (exact) mass is 448 g/mol. The molecule has 0 aliphatic heterocycles. The number of nitrogens with zero attached hydrogens (tertiary/aromatic N) is 1. The fourth-order valence-electron chi connectivity index (χ4n) is 2.46. The number of halogens is 3. The van der Waals surface area contributed by atoms with Crippen molar-refractivity contribution >= 4 is 56.4 Å². The number of anilines is 1. The standard InChI is InChI=1S/C18H19Cl3N2O3S/c1-27(25,26)23(16-10-4-9-15(20)18(16)21)12-17(24)22-11-5-7-13-6-2-3-8-14(13)19/h2-4,6,8-10H,5,7,11-12H2,1H3,(H,22,24).